The van der Waals surface area contributed by atoms with Crippen LogP contribution in [0.1, 0.15) is 19.3 Å². The molecule has 5 nitrogen and oxygen atoms in total. The van der Waals surface area contributed by atoms with Crippen LogP contribution in [-0.2, 0) is 19.1 Å². The summed E-state index contributed by atoms with van der Waals surface area (Å²) in [5, 5.41) is 0. The van der Waals surface area contributed by atoms with Crippen molar-refractivity contribution in [2.24, 2.45) is 11.7 Å². The number of primary amides is 1. The van der Waals surface area contributed by atoms with E-state index in [1.165, 1.54) is 0 Å². The molecule has 1 unspecified atom stereocenters. The van der Waals surface area contributed by atoms with Gasteiger partial charge in [0.2, 0.25) is 5.91 Å². The fraction of sp³-hybridized carbons (Fsp3) is 0.444. The molecule has 0 aromatic rings. The third-order valence-electron chi connectivity index (χ3n) is 2.01. The lowest BCUT2D eigenvalue weighted by atomic mass is 10.1. The first-order valence-electron chi connectivity index (χ1n) is 4.30. The van der Waals surface area contributed by atoms with Gasteiger partial charge in [-0.1, -0.05) is 0 Å². The van der Waals surface area contributed by atoms with Gasteiger partial charge in [-0.25, -0.2) is 0 Å². The summed E-state index contributed by atoms with van der Waals surface area (Å²) in [6.07, 6.45) is 3.52. The van der Waals surface area contributed by atoms with Crippen LogP contribution in [0.4, 0.5) is 0 Å². The van der Waals surface area contributed by atoms with Gasteiger partial charge in [-0.3, -0.25) is 14.4 Å². The van der Waals surface area contributed by atoms with Gasteiger partial charge in [-0.15, -0.1) is 0 Å². The van der Waals surface area contributed by atoms with Crippen molar-refractivity contribution in [2.75, 3.05) is 0 Å². The molecule has 1 rings (SSSR count). The maximum atomic E-state index is 11.2. The summed E-state index contributed by atoms with van der Waals surface area (Å²) < 4.78 is 4.57. The number of carbonyl (C=O) groups excluding carboxylic acids is 3. The minimum Gasteiger partial charge on any atom is -0.434 e. The Morgan fingerprint density at radius 2 is 2.21 bits per heavy atom. The van der Waals surface area contributed by atoms with Gasteiger partial charge in [0.1, 0.15) is 11.7 Å². The van der Waals surface area contributed by atoms with Gasteiger partial charge in [0.25, 0.3) is 0 Å². The van der Waals surface area contributed by atoms with Gasteiger partial charge in [-0.2, -0.15) is 0 Å². The topological polar surface area (TPSA) is 86.5 Å². The van der Waals surface area contributed by atoms with Crippen LogP contribution < -0.4 is 5.73 Å². The third-order valence-corrected chi connectivity index (χ3v) is 2.01. The first-order valence-corrected chi connectivity index (χ1v) is 4.30. The zero-order chi connectivity index (χ0) is 10.6. The molecule has 0 heterocycles. The minimum absolute atomic E-state index is 0.0949. The fourth-order valence-corrected chi connectivity index (χ4v) is 1.32. The smallest absolute Gasteiger partial charge is 0.321 e. The van der Waals surface area contributed by atoms with Crippen molar-refractivity contribution in [1.29, 1.82) is 0 Å². The second-order valence-corrected chi connectivity index (χ2v) is 3.05. The predicted octanol–water partition coefficient (Wildman–Crippen LogP) is -0.102. The number of ketones is 1. The van der Waals surface area contributed by atoms with E-state index in [0.29, 0.717) is 12.8 Å². The minimum atomic E-state index is -0.699. The largest absolute Gasteiger partial charge is 0.434 e. The molecule has 76 valence electrons. The van der Waals surface area contributed by atoms with Gasteiger partial charge in [0, 0.05) is 12.5 Å². The molecule has 0 spiro atoms. The van der Waals surface area contributed by atoms with Crippen molar-refractivity contribution in [3.05, 3.63) is 12.3 Å². The Hall–Kier alpha value is -1.65. The summed E-state index contributed by atoms with van der Waals surface area (Å²) in [6.45, 7) is 0. The number of Topliss-reactive ketones (excluding diaryl/α,β-unsaturated/α-hetero) is 1. The molecule has 1 saturated carbocycles. The monoisotopic (exact) mass is 197 g/mol. The molecule has 14 heavy (non-hydrogen) atoms. The van der Waals surface area contributed by atoms with Crippen molar-refractivity contribution in [3.8, 4) is 0 Å². The Balaban J connectivity index is 2.42. The Kier molecular flexibility index (Phi) is 3.39. The predicted molar refractivity (Wildman–Crippen MR) is 46.8 cm³/mol. The summed E-state index contributed by atoms with van der Waals surface area (Å²) in [7, 11) is 0. The lowest BCUT2D eigenvalue weighted by Gasteiger charge is -2.03. The van der Waals surface area contributed by atoms with Crippen LogP contribution >= 0.6 is 0 Å². The van der Waals surface area contributed by atoms with Crippen LogP contribution in [0.3, 0.4) is 0 Å². The van der Waals surface area contributed by atoms with Crippen LogP contribution in [-0.4, -0.2) is 17.7 Å². The van der Waals surface area contributed by atoms with Crippen LogP contribution in [0, 0.1) is 5.92 Å². The molecule has 5 heteroatoms. The van der Waals surface area contributed by atoms with Gasteiger partial charge in [-0.05, 0) is 12.8 Å². The maximum Gasteiger partial charge on any atom is 0.321 e. The van der Waals surface area contributed by atoms with Gasteiger partial charge in [0.15, 0.2) is 0 Å². The molecule has 1 aliphatic rings. The molecule has 1 atom stereocenters. The van der Waals surface area contributed by atoms with E-state index in [0.717, 1.165) is 18.8 Å². The van der Waals surface area contributed by atoms with E-state index < -0.39 is 17.8 Å². The van der Waals surface area contributed by atoms with Gasteiger partial charge in [0.05, 0.1) is 6.26 Å². The van der Waals surface area contributed by atoms with E-state index in [9.17, 15) is 14.4 Å². The normalized spacial score (nSPS) is 21.4. The molecule has 1 fully saturated rings. The van der Waals surface area contributed by atoms with Gasteiger partial charge >= 0.3 is 5.97 Å². The second kappa shape index (κ2) is 4.55. The fourth-order valence-electron chi connectivity index (χ4n) is 1.32. The van der Waals surface area contributed by atoms with Crippen molar-refractivity contribution >= 4 is 17.7 Å². The second-order valence-electron chi connectivity index (χ2n) is 3.05. The number of esters is 1. The Morgan fingerprint density at radius 1 is 1.50 bits per heavy atom. The van der Waals surface area contributed by atoms with Crippen LogP contribution in [0.5, 0.6) is 0 Å². The molecule has 0 bridgehead atoms. The summed E-state index contributed by atoms with van der Waals surface area (Å²) in [4.78, 5) is 32.5. The van der Waals surface area contributed by atoms with Gasteiger partial charge < -0.3 is 10.5 Å². The number of hydrogen-bond donors (Lipinski definition) is 1. The first-order chi connectivity index (χ1) is 6.61. The first kappa shape index (κ1) is 10.4. The number of nitrogens with two attached hydrogens (primary N) is 1. The summed E-state index contributed by atoms with van der Waals surface area (Å²) in [5.74, 6) is -2.06. The molecular weight excluding hydrogens is 186 g/mol. The van der Waals surface area contributed by atoms with Crippen molar-refractivity contribution in [3.63, 3.8) is 0 Å². The highest BCUT2D eigenvalue weighted by Crippen LogP contribution is 2.22. The van der Waals surface area contributed by atoms with E-state index in [4.69, 9.17) is 5.73 Å². The molecule has 1 aliphatic carbocycles. The van der Waals surface area contributed by atoms with E-state index >= 15 is 0 Å². The maximum absolute atomic E-state index is 11.2. The molecule has 1 amide bonds. The quantitative estimate of drug-likeness (QED) is 0.296. The van der Waals surface area contributed by atoms with E-state index in [1.54, 1.807) is 0 Å². The highest BCUT2D eigenvalue weighted by molar-refractivity contribution is 6.00. The summed E-state index contributed by atoms with van der Waals surface area (Å²) in [6, 6.07) is 0. The molecular formula is C9H11NO4. The number of amides is 1. The lowest BCUT2D eigenvalue weighted by Crippen LogP contribution is -2.19. The van der Waals surface area contributed by atoms with Crippen molar-refractivity contribution < 1.29 is 19.1 Å². The molecule has 0 aromatic heterocycles. The average molecular weight is 197 g/mol. The lowest BCUT2D eigenvalue weighted by molar-refractivity contribution is -0.145. The zero-order valence-electron chi connectivity index (χ0n) is 7.56. The number of rotatable bonds is 3. The summed E-state index contributed by atoms with van der Waals surface area (Å²) in [5.41, 5.74) is 4.78. The highest BCUT2D eigenvalue weighted by Gasteiger charge is 2.31. The van der Waals surface area contributed by atoms with Crippen LogP contribution in [0.2, 0.25) is 0 Å². The SMILES string of the molecule is NC(=O)C=COC(=O)C1CCCC1=O. The van der Waals surface area contributed by atoms with Crippen molar-refractivity contribution in [2.45, 2.75) is 19.3 Å². The van der Waals surface area contributed by atoms with E-state index in [1.807, 2.05) is 0 Å². The molecule has 0 radical (unpaired) electrons. The Bertz CT molecular complexity index is 295. The summed E-state index contributed by atoms with van der Waals surface area (Å²) >= 11 is 0. The van der Waals surface area contributed by atoms with Crippen LogP contribution in [0.25, 0.3) is 0 Å². The average Bonchev–Trinajstić information content (AvgIpc) is 2.50. The Labute approximate surface area is 80.9 Å². The molecule has 0 aromatic carbocycles. The number of hydrogen-bond acceptors (Lipinski definition) is 4. The molecule has 0 aliphatic heterocycles. The molecule has 2 N–H and O–H groups in total. The standard InChI is InChI=1S/C9H11NO4/c10-8(12)4-5-14-9(13)6-2-1-3-7(6)11/h4-6H,1-3H2,(H2,10,12). The zero-order valence-corrected chi connectivity index (χ0v) is 7.56. The van der Waals surface area contributed by atoms with Crippen molar-refractivity contribution in [1.82, 2.24) is 0 Å². The molecule has 0 saturated heterocycles. The Morgan fingerprint density at radius 3 is 2.71 bits per heavy atom. The third kappa shape index (κ3) is 2.69. The van der Waals surface area contributed by atoms with E-state index in [-0.39, 0.29) is 5.78 Å². The highest BCUT2D eigenvalue weighted by atomic mass is 16.5. The number of carbonyl (C=O) groups is 3. The number of ether oxygens (including phenoxy) is 1. The van der Waals surface area contributed by atoms with Crippen LogP contribution in [0.15, 0.2) is 12.3 Å². The van der Waals surface area contributed by atoms with E-state index in [2.05, 4.69) is 4.74 Å².